The van der Waals surface area contributed by atoms with Gasteiger partial charge in [-0.25, -0.2) is 4.99 Å². The van der Waals surface area contributed by atoms with Crippen molar-refractivity contribution in [3.05, 3.63) is 71.4 Å². The minimum atomic E-state index is 0.231. The van der Waals surface area contributed by atoms with Gasteiger partial charge in [0.2, 0.25) is 5.88 Å². The molecule has 1 aliphatic heterocycles. The van der Waals surface area contributed by atoms with Crippen LogP contribution < -0.4 is 10.7 Å². The van der Waals surface area contributed by atoms with Gasteiger partial charge >= 0.3 is 0 Å². The Morgan fingerprint density at radius 2 is 1.71 bits per heavy atom. The smallest absolute Gasteiger partial charge is 0.203 e. The molecular formula is C26H20N3OP. The summed E-state index contributed by atoms with van der Waals surface area (Å²) >= 11 is 0. The summed E-state index contributed by atoms with van der Waals surface area (Å²) in [5.41, 5.74) is 5.46. The van der Waals surface area contributed by atoms with Crippen molar-refractivity contribution in [1.29, 1.82) is 0 Å². The average Bonchev–Trinajstić information content (AvgIpc) is 3.55. The summed E-state index contributed by atoms with van der Waals surface area (Å²) in [5, 5.41) is 17.1. The highest BCUT2D eigenvalue weighted by Gasteiger charge is 2.29. The number of allylic oxidation sites excluding steroid dienone is 2. The first kappa shape index (κ1) is 17.3. The highest BCUT2D eigenvalue weighted by Crippen LogP contribution is 2.46. The molecule has 31 heavy (non-hydrogen) atoms. The molecule has 1 unspecified atom stereocenters. The predicted molar refractivity (Wildman–Crippen MR) is 131 cm³/mol. The molecule has 4 nitrogen and oxygen atoms in total. The van der Waals surface area contributed by atoms with Crippen LogP contribution in [0.15, 0.2) is 65.7 Å². The van der Waals surface area contributed by atoms with Crippen molar-refractivity contribution in [2.45, 2.75) is 18.9 Å². The van der Waals surface area contributed by atoms with E-state index < -0.39 is 0 Å². The van der Waals surface area contributed by atoms with Gasteiger partial charge in [-0.1, -0.05) is 55.1 Å². The van der Waals surface area contributed by atoms with Gasteiger partial charge < -0.3 is 9.67 Å². The number of aromatic hydroxyl groups is 1. The van der Waals surface area contributed by atoms with Gasteiger partial charge in [0.15, 0.2) is 0 Å². The van der Waals surface area contributed by atoms with Gasteiger partial charge in [0.05, 0.1) is 21.9 Å². The van der Waals surface area contributed by atoms with Gasteiger partial charge in [0.1, 0.15) is 0 Å². The predicted octanol–water partition coefficient (Wildman–Crippen LogP) is 5.33. The lowest BCUT2D eigenvalue weighted by Crippen LogP contribution is -2.15. The van der Waals surface area contributed by atoms with Crippen LogP contribution in [0.5, 0.6) is 5.88 Å². The summed E-state index contributed by atoms with van der Waals surface area (Å²) in [7, 11) is 2.61. The van der Waals surface area contributed by atoms with E-state index in [0.29, 0.717) is 6.04 Å². The fraction of sp³-hybridized carbons (Fsp3) is 0.115. The first-order valence-corrected chi connectivity index (χ1v) is 11.1. The maximum atomic E-state index is 11.2. The number of benzene rings is 3. The second-order valence-corrected chi connectivity index (χ2v) is 8.97. The number of fused-ring (bicyclic) bond motifs is 10. The molecule has 0 bridgehead atoms. The van der Waals surface area contributed by atoms with E-state index in [4.69, 9.17) is 4.99 Å². The zero-order chi connectivity index (χ0) is 20.9. The van der Waals surface area contributed by atoms with Crippen LogP contribution in [0.2, 0.25) is 0 Å². The number of hydrogen-bond donors (Lipinski definition) is 1. The van der Waals surface area contributed by atoms with E-state index in [0.717, 1.165) is 67.4 Å². The van der Waals surface area contributed by atoms with Crippen LogP contribution in [0.1, 0.15) is 18.9 Å². The molecule has 0 radical (unpaired) electrons. The highest BCUT2D eigenvalue weighted by molar-refractivity contribution is 7.14. The third kappa shape index (κ3) is 2.01. The summed E-state index contributed by atoms with van der Waals surface area (Å²) in [6, 6.07) is 17.1. The normalized spacial score (nSPS) is 15.3. The third-order valence-corrected chi connectivity index (χ3v) is 7.46. The number of rotatable bonds is 1. The molecule has 1 N–H and O–H groups in total. The lowest BCUT2D eigenvalue weighted by molar-refractivity contribution is 0.456. The van der Waals surface area contributed by atoms with Crippen molar-refractivity contribution in [1.82, 2.24) is 8.90 Å². The van der Waals surface area contributed by atoms with Gasteiger partial charge in [-0.3, -0.25) is 4.34 Å². The van der Waals surface area contributed by atoms with Crippen LogP contribution in [0.3, 0.4) is 0 Å². The number of aromatic nitrogens is 2. The van der Waals surface area contributed by atoms with Crippen molar-refractivity contribution in [3.8, 4) is 17.0 Å². The average molecular weight is 421 g/mol. The molecule has 1 aliphatic carbocycles. The Hall–Kier alpha value is -3.36. The molecule has 5 heteroatoms. The van der Waals surface area contributed by atoms with Gasteiger partial charge in [-0.2, -0.15) is 0 Å². The van der Waals surface area contributed by atoms with Crippen LogP contribution in [-0.4, -0.2) is 14.0 Å². The number of hydrogen-bond acceptors (Lipinski definition) is 2. The zero-order valence-electron chi connectivity index (χ0n) is 16.8. The van der Waals surface area contributed by atoms with Gasteiger partial charge in [-0.15, -0.1) is 0 Å². The Labute approximate surface area is 180 Å². The second kappa shape index (κ2) is 5.87. The summed E-state index contributed by atoms with van der Waals surface area (Å²) in [6.45, 7) is 4.31. The van der Waals surface area contributed by atoms with E-state index in [9.17, 15) is 5.11 Å². The van der Waals surface area contributed by atoms with Gasteiger partial charge in [0.25, 0.3) is 0 Å². The molecule has 1 atom stereocenters. The SMILES string of the molecule is C=c1c2c3c(c4c(c5ccccc5n4C4CC=CC4)c2c(O)n1P)=Nc1ccccc1-3. The van der Waals surface area contributed by atoms with Crippen molar-refractivity contribution >= 4 is 54.2 Å². The number of para-hydroxylation sites is 2. The van der Waals surface area contributed by atoms with Crippen molar-refractivity contribution < 1.29 is 5.11 Å². The Morgan fingerprint density at radius 3 is 2.55 bits per heavy atom. The molecule has 0 amide bonds. The molecule has 0 saturated heterocycles. The number of nitrogens with zero attached hydrogens (tertiary/aromatic N) is 3. The molecule has 5 aromatic rings. The maximum absolute atomic E-state index is 11.2. The molecule has 2 aromatic heterocycles. The highest BCUT2D eigenvalue weighted by atomic mass is 31.0. The largest absolute Gasteiger partial charge is 0.494 e. The fourth-order valence-electron chi connectivity index (χ4n) is 5.58. The standard InChI is InChI=1S/C26H20N3OP/c1-14-20-21-16-10-4-6-12-18(16)27-24(21)25-22(23(20)26(30)29(14)31)17-11-5-7-13-19(17)28(25)15-8-2-3-9-15/h2-7,10-13,15,30H,1,8-9,31H2. The molecule has 150 valence electrons. The first-order valence-electron chi connectivity index (χ1n) is 10.6. The second-order valence-electron chi connectivity index (χ2n) is 8.45. The van der Waals surface area contributed by atoms with Crippen LogP contribution in [0, 0.1) is 0 Å². The molecule has 7 rings (SSSR count). The van der Waals surface area contributed by atoms with E-state index in [1.165, 1.54) is 5.52 Å². The minimum Gasteiger partial charge on any atom is -0.494 e. The van der Waals surface area contributed by atoms with E-state index in [1.807, 2.05) is 6.07 Å². The van der Waals surface area contributed by atoms with Gasteiger partial charge in [-0.05, 0) is 34.4 Å². The van der Waals surface area contributed by atoms with Crippen LogP contribution in [-0.2, 0) is 0 Å². The molecular weight excluding hydrogens is 401 g/mol. The van der Waals surface area contributed by atoms with E-state index in [2.05, 4.69) is 75.2 Å². The fourth-order valence-corrected chi connectivity index (χ4v) is 5.84. The lowest BCUT2D eigenvalue weighted by Gasteiger charge is -2.16. The topological polar surface area (TPSA) is 42.5 Å². The molecule has 3 heterocycles. The van der Waals surface area contributed by atoms with Crippen LogP contribution in [0.4, 0.5) is 5.69 Å². The Balaban J connectivity index is 1.85. The molecule has 0 spiro atoms. The Bertz CT molecular complexity index is 1730. The third-order valence-electron chi connectivity index (χ3n) is 6.91. The van der Waals surface area contributed by atoms with Crippen LogP contribution >= 0.6 is 9.39 Å². The lowest BCUT2D eigenvalue weighted by atomic mass is 9.97. The summed E-state index contributed by atoms with van der Waals surface area (Å²) < 4.78 is 4.18. The Morgan fingerprint density at radius 1 is 0.968 bits per heavy atom. The minimum absolute atomic E-state index is 0.231. The quantitative estimate of drug-likeness (QED) is 0.283. The van der Waals surface area contributed by atoms with Crippen LogP contribution in [0.25, 0.3) is 50.3 Å². The van der Waals surface area contributed by atoms with Crippen molar-refractivity contribution in [3.63, 3.8) is 0 Å². The molecule has 0 fully saturated rings. The Kier molecular flexibility index (Phi) is 3.28. The monoisotopic (exact) mass is 421 g/mol. The maximum Gasteiger partial charge on any atom is 0.203 e. The first-order chi connectivity index (χ1) is 15.2. The molecule has 2 aliphatic rings. The van der Waals surface area contributed by atoms with E-state index in [-0.39, 0.29) is 5.88 Å². The van der Waals surface area contributed by atoms with Gasteiger partial charge in [0, 0.05) is 44.2 Å². The van der Waals surface area contributed by atoms with E-state index >= 15 is 0 Å². The zero-order valence-corrected chi connectivity index (χ0v) is 18.0. The summed E-state index contributed by atoms with van der Waals surface area (Å²) in [4.78, 5) is 5.13. The van der Waals surface area contributed by atoms with Crippen molar-refractivity contribution in [2.24, 2.45) is 4.99 Å². The molecule has 0 saturated carbocycles. The molecule has 3 aromatic carbocycles. The van der Waals surface area contributed by atoms with E-state index in [1.54, 1.807) is 4.34 Å². The summed E-state index contributed by atoms with van der Waals surface area (Å²) in [5.74, 6) is 0.231. The summed E-state index contributed by atoms with van der Waals surface area (Å²) in [6.07, 6.45) is 6.54. The van der Waals surface area contributed by atoms with Crippen molar-refractivity contribution in [2.75, 3.05) is 0 Å².